The van der Waals surface area contributed by atoms with Crippen molar-refractivity contribution in [2.45, 2.75) is 24.9 Å². The van der Waals surface area contributed by atoms with Gasteiger partial charge in [0.1, 0.15) is 17.7 Å². The van der Waals surface area contributed by atoms with E-state index in [2.05, 4.69) is 23.1 Å². The lowest BCUT2D eigenvalue weighted by atomic mass is 9.87. The summed E-state index contributed by atoms with van der Waals surface area (Å²) in [6.07, 6.45) is 1.49. The van der Waals surface area contributed by atoms with Crippen LogP contribution in [0.2, 0.25) is 0 Å². The van der Waals surface area contributed by atoms with Crippen LogP contribution in [0.5, 0.6) is 5.75 Å². The number of benzene rings is 2. The van der Waals surface area contributed by atoms with Crippen LogP contribution in [0.3, 0.4) is 0 Å². The average molecular weight is 324 g/mol. The smallest absolute Gasteiger partial charge is 0.123 e. The molecule has 124 valence electrons. The Hall–Kier alpha value is -2.38. The van der Waals surface area contributed by atoms with Crippen LogP contribution in [-0.4, -0.2) is 30.6 Å². The maximum Gasteiger partial charge on any atom is 0.123 e. The highest BCUT2D eigenvalue weighted by Crippen LogP contribution is 2.31. The Morgan fingerprint density at radius 1 is 1.12 bits per heavy atom. The lowest BCUT2D eigenvalue weighted by molar-refractivity contribution is 0.0788. The first-order valence-electron chi connectivity index (χ1n) is 8.33. The third kappa shape index (κ3) is 4.12. The van der Waals surface area contributed by atoms with E-state index in [9.17, 15) is 4.39 Å². The van der Waals surface area contributed by atoms with Crippen molar-refractivity contribution >= 4 is 0 Å². The van der Waals surface area contributed by atoms with Gasteiger partial charge in [-0.05, 0) is 36.2 Å². The highest BCUT2D eigenvalue weighted by atomic mass is 19.1. The fourth-order valence-corrected chi connectivity index (χ4v) is 3.26. The van der Waals surface area contributed by atoms with Crippen LogP contribution in [-0.2, 0) is 0 Å². The number of nitriles is 1. The van der Waals surface area contributed by atoms with E-state index in [-0.39, 0.29) is 17.8 Å². The molecule has 0 aromatic heterocycles. The summed E-state index contributed by atoms with van der Waals surface area (Å²) in [5.41, 5.74) is 1.24. The summed E-state index contributed by atoms with van der Waals surface area (Å²) in [6, 6.07) is 18.8. The van der Waals surface area contributed by atoms with E-state index >= 15 is 0 Å². The van der Waals surface area contributed by atoms with Gasteiger partial charge in [-0.25, -0.2) is 4.39 Å². The molecule has 0 radical (unpaired) electrons. The van der Waals surface area contributed by atoms with Gasteiger partial charge in [0.15, 0.2) is 0 Å². The molecule has 1 heterocycles. The van der Waals surface area contributed by atoms with Crippen molar-refractivity contribution in [3.05, 3.63) is 66.0 Å². The van der Waals surface area contributed by atoms with Crippen LogP contribution >= 0.6 is 0 Å². The highest BCUT2D eigenvalue weighted by molar-refractivity contribution is 5.26. The largest absolute Gasteiger partial charge is 0.490 e. The number of nitrogens with zero attached hydrogens (tertiary/aromatic N) is 2. The zero-order valence-corrected chi connectivity index (χ0v) is 13.6. The molecule has 0 bridgehead atoms. The molecule has 2 atom stereocenters. The molecule has 0 amide bonds. The number of ether oxygens (including phenoxy) is 1. The van der Waals surface area contributed by atoms with Crippen molar-refractivity contribution in [2.75, 3.05) is 19.6 Å². The molecule has 3 nitrogen and oxygen atoms in total. The number of likely N-dealkylation sites (tertiary alicyclic amines) is 1. The van der Waals surface area contributed by atoms with Crippen LogP contribution in [0.15, 0.2) is 54.6 Å². The van der Waals surface area contributed by atoms with Crippen LogP contribution < -0.4 is 4.74 Å². The third-order valence-corrected chi connectivity index (χ3v) is 4.50. The minimum absolute atomic E-state index is 0.0520. The molecule has 2 aromatic carbocycles. The first-order valence-corrected chi connectivity index (χ1v) is 8.33. The zero-order valence-electron chi connectivity index (χ0n) is 13.6. The predicted molar refractivity (Wildman–Crippen MR) is 91.3 cm³/mol. The minimum Gasteiger partial charge on any atom is -0.490 e. The van der Waals surface area contributed by atoms with Gasteiger partial charge in [-0.2, -0.15) is 5.26 Å². The van der Waals surface area contributed by atoms with Crippen molar-refractivity contribution in [1.82, 2.24) is 4.90 Å². The summed E-state index contributed by atoms with van der Waals surface area (Å²) >= 11 is 0. The van der Waals surface area contributed by atoms with Crippen molar-refractivity contribution in [2.24, 2.45) is 0 Å². The predicted octanol–water partition coefficient (Wildman–Crippen LogP) is 3.98. The van der Waals surface area contributed by atoms with E-state index in [1.165, 1.54) is 17.7 Å². The Balaban J connectivity index is 1.76. The Morgan fingerprint density at radius 2 is 1.88 bits per heavy atom. The fourth-order valence-electron chi connectivity index (χ4n) is 3.26. The van der Waals surface area contributed by atoms with E-state index in [4.69, 9.17) is 10.00 Å². The van der Waals surface area contributed by atoms with Gasteiger partial charge in [0, 0.05) is 32.0 Å². The quantitative estimate of drug-likeness (QED) is 0.835. The second kappa shape index (κ2) is 7.94. The molecule has 3 rings (SSSR count). The highest BCUT2D eigenvalue weighted by Gasteiger charge is 2.31. The number of hydrogen-bond acceptors (Lipinski definition) is 3. The molecule has 1 aliphatic rings. The maximum atomic E-state index is 13.1. The summed E-state index contributed by atoms with van der Waals surface area (Å²) in [7, 11) is 0. The molecule has 0 saturated carbocycles. The lowest BCUT2D eigenvalue weighted by Gasteiger charge is -2.38. The summed E-state index contributed by atoms with van der Waals surface area (Å²) in [6.45, 7) is 2.58. The molecule has 1 saturated heterocycles. The van der Waals surface area contributed by atoms with Crippen LogP contribution in [0.1, 0.15) is 24.3 Å². The Labute approximate surface area is 142 Å². The van der Waals surface area contributed by atoms with E-state index in [1.54, 1.807) is 12.1 Å². The topological polar surface area (TPSA) is 36.3 Å². The molecule has 1 fully saturated rings. The molecule has 4 heteroatoms. The molecule has 2 unspecified atom stereocenters. The second-order valence-corrected chi connectivity index (χ2v) is 6.12. The number of rotatable bonds is 5. The van der Waals surface area contributed by atoms with Crippen molar-refractivity contribution in [3.8, 4) is 11.8 Å². The Kier molecular flexibility index (Phi) is 5.45. The van der Waals surface area contributed by atoms with Gasteiger partial charge in [0.25, 0.3) is 0 Å². The normalized spacial score (nSPS) is 21.2. The van der Waals surface area contributed by atoms with Crippen molar-refractivity contribution in [3.63, 3.8) is 0 Å². The summed E-state index contributed by atoms with van der Waals surface area (Å²) in [4.78, 5) is 2.32. The van der Waals surface area contributed by atoms with Gasteiger partial charge in [-0.1, -0.05) is 30.3 Å². The van der Waals surface area contributed by atoms with Crippen LogP contribution in [0, 0.1) is 17.1 Å². The molecule has 1 aliphatic heterocycles. The van der Waals surface area contributed by atoms with Gasteiger partial charge >= 0.3 is 0 Å². The van der Waals surface area contributed by atoms with Gasteiger partial charge in [0.2, 0.25) is 0 Å². The molecule has 24 heavy (non-hydrogen) atoms. The number of piperidine rings is 1. The van der Waals surface area contributed by atoms with E-state index < -0.39 is 0 Å². The van der Waals surface area contributed by atoms with Crippen LogP contribution in [0.4, 0.5) is 4.39 Å². The number of halogens is 1. The monoisotopic (exact) mass is 324 g/mol. The lowest BCUT2D eigenvalue weighted by Crippen LogP contribution is -2.44. The zero-order chi connectivity index (χ0) is 16.8. The molecule has 0 N–H and O–H groups in total. The molecule has 0 aliphatic carbocycles. The van der Waals surface area contributed by atoms with Crippen molar-refractivity contribution in [1.29, 1.82) is 5.26 Å². The summed E-state index contributed by atoms with van der Waals surface area (Å²) in [5, 5.41) is 8.82. The van der Waals surface area contributed by atoms with Gasteiger partial charge < -0.3 is 9.64 Å². The van der Waals surface area contributed by atoms with Gasteiger partial charge in [-0.15, -0.1) is 0 Å². The average Bonchev–Trinajstić information content (AvgIpc) is 2.63. The third-order valence-electron chi connectivity index (χ3n) is 4.50. The van der Waals surface area contributed by atoms with Gasteiger partial charge in [-0.3, -0.25) is 0 Å². The van der Waals surface area contributed by atoms with E-state index in [0.717, 1.165) is 26.1 Å². The minimum atomic E-state index is -0.256. The molecular formula is C20H21FN2O. The van der Waals surface area contributed by atoms with Crippen LogP contribution in [0.25, 0.3) is 0 Å². The Morgan fingerprint density at radius 3 is 2.58 bits per heavy atom. The number of hydrogen-bond donors (Lipinski definition) is 0. The molecular weight excluding hydrogens is 303 g/mol. The van der Waals surface area contributed by atoms with E-state index in [1.807, 2.05) is 18.2 Å². The SMILES string of the molecule is N#CCCN1CCC(Oc2ccc(F)cc2)C(c2ccccc2)C1. The standard InChI is InChI=1S/C20H21FN2O/c21-17-7-9-18(10-8-17)24-20-11-14-23(13-4-12-22)15-19(20)16-5-2-1-3-6-16/h1-3,5-10,19-20H,4,11,13-15H2. The first-order chi connectivity index (χ1) is 11.8. The molecule has 2 aromatic rings. The summed E-state index contributed by atoms with van der Waals surface area (Å²) in [5.74, 6) is 0.685. The first kappa shape index (κ1) is 16.5. The van der Waals surface area contributed by atoms with Crippen molar-refractivity contribution < 1.29 is 9.13 Å². The maximum absolute atomic E-state index is 13.1. The molecule has 0 spiro atoms. The van der Waals surface area contributed by atoms with Gasteiger partial charge in [0.05, 0.1) is 6.07 Å². The van der Waals surface area contributed by atoms with E-state index in [0.29, 0.717) is 12.2 Å². The summed E-state index contributed by atoms with van der Waals surface area (Å²) < 4.78 is 19.3. The Bertz CT molecular complexity index is 681. The fraction of sp³-hybridized carbons (Fsp3) is 0.350. The second-order valence-electron chi connectivity index (χ2n) is 6.12.